The average Bonchev–Trinajstić information content (AvgIpc) is 3.31. The zero-order valence-electron chi connectivity index (χ0n) is 19.3. The summed E-state index contributed by atoms with van der Waals surface area (Å²) in [5.41, 5.74) is 1.17. The molecule has 0 saturated carbocycles. The first-order valence-electron chi connectivity index (χ1n) is 11.5. The van der Waals surface area contributed by atoms with Crippen molar-refractivity contribution in [3.63, 3.8) is 0 Å². The van der Waals surface area contributed by atoms with E-state index in [2.05, 4.69) is 6.07 Å². The zero-order chi connectivity index (χ0) is 23.4. The van der Waals surface area contributed by atoms with Gasteiger partial charge in [-0.25, -0.2) is 8.42 Å². The summed E-state index contributed by atoms with van der Waals surface area (Å²) in [6.45, 7) is 1.50. The number of benzene rings is 2. The van der Waals surface area contributed by atoms with E-state index in [1.165, 1.54) is 9.87 Å². The largest absolute Gasteiger partial charge is 0.497 e. The Morgan fingerprint density at radius 1 is 0.939 bits per heavy atom. The molecule has 2 aromatic rings. The molecular formula is C25H32N2O5S. The molecule has 2 aliphatic heterocycles. The van der Waals surface area contributed by atoms with Gasteiger partial charge in [0.1, 0.15) is 11.5 Å². The fourth-order valence-corrected chi connectivity index (χ4v) is 6.35. The van der Waals surface area contributed by atoms with Crippen LogP contribution in [-0.4, -0.2) is 63.4 Å². The molecule has 0 spiro atoms. The van der Waals surface area contributed by atoms with Gasteiger partial charge >= 0.3 is 0 Å². The van der Waals surface area contributed by atoms with E-state index in [0.29, 0.717) is 31.7 Å². The van der Waals surface area contributed by atoms with Gasteiger partial charge in [-0.05, 0) is 74.1 Å². The predicted octanol–water partition coefficient (Wildman–Crippen LogP) is 3.34. The van der Waals surface area contributed by atoms with Crippen LogP contribution in [0, 0.1) is 5.92 Å². The summed E-state index contributed by atoms with van der Waals surface area (Å²) in [7, 11) is -0.365. The summed E-state index contributed by atoms with van der Waals surface area (Å²) in [4.78, 5) is 15.6. The van der Waals surface area contributed by atoms with E-state index >= 15 is 0 Å². The van der Waals surface area contributed by atoms with Crippen molar-refractivity contribution in [1.29, 1.82) is 0 Å². The highest BCUT2D eigenvalue weighted by molar-refractivity contribution is 7.89. The zero-order valence-corrected chi connectivity index (χ0v) is 20.1. The number of ether oxygens (including phenoxy) is 2. The second-order valence-corrected chi connectivity index (χ2v) is 10.7. The number of hydrogen-bond donors (Lipinski definition) is 0. The number of amides is 1. The lowest BCUT2D eigenvalue weighted by atomic mass is 9.95. The van der Waals surface area contributed by atoms with E-state index in [9.17, 15) is 13.2 Å². The summed E-state index contributed by atoms with van der Waals surface area (Å²) in [6, 6.07) is 14.6. The first-order valence-corrected chi connectivity index (χ1v) is 12.9. The molecule has 2 aromatic carbocycles. The number of likely N-dealkylation sites (tertiary alicyclic amines) is 1. The third kappa shape index (κ3) is 5.17. The second kappa shape index (κ2) is 10.1. The van der Waals surface area contributed by atoms with Gasteiger partial charge in [-0.2, -0.15) is 4.31 Å². The van der Waals surface area contributed by atoms with E-state index in [-0.39, 0.29) is 22.8 Å². The lowest BCUT2D eigenvalue weighted by Gasteiger charge is -2.34. The second-order valence-electron chi connectivity index (χ2n) is 8.74. The number of carbonyl (C=O) groups is 1. The van der Waals surface area contributed by atoms with Crippen LogP contribution in [-0.2, 0) is 21.2 Å². The highest BCUT2D eigenvalue weighted by atomic mass is 32.2. The number of sulfonamides is 1. The SMILES string of the molecule is COc1ccc(S(=O)(=O)N2CCC(C(=O)N3CCCC3Cc3cccc(OC)c3)CC2)cc1. The third-order valence-electron chi connectivity index (χ3n) is 6.77. The molecule has 0 aromatic heterocycles. The normalized spacial score (nSPS) is 20.1. The summed E-state index contributed by atoms with van der Waals surface area (Å²) < 4.78 is 38.0. The smallest absolute Gasteiger partial charge is 0.243 e. The Labute approximate surface area is 196 Å². The van der Waals surface area contributed by atoms with Gasteiger partial charge in [0.05, 0.1) is 19.1 Å². The van der Waals surface area contributed by atoms with Crippen LogP contribution in [0.5, 0.6) is 11.5 Å². The van der Waals surface area contributed by atoms with Crippen molar-refractivity contribution in [3.8, 4) is 11.5 Å². The number of methoxy groups -OCH3 is 2. The van der Waals surface area contributed by atoms with Crippen molar-refractivity contribution in [3.05, 3.63) is 54.1 Å². The Bertz CT molecular complexity index is 1060. The minimum Gasteiger partial charge on any atom is -0.497 e. The number of rotatable bonds is 7. The minimum atomic E-state index is -3.57. The van der Waals surface area contributed by atoms with Crippen LogP contribution < -0.4 is 9.47 Å². The van der Waals surface area contributed by atoms with Crippen LogP contribution in [0.25, 0.3) is 0 Å². The van der Waals surface area contributed by atoms with E-state index in [1.54, 1.807) is 38.5 Å². The average molecular weight is 473 g/mol. The summed E-state index contributed by atoms with van der Waals surface area (Å²) in [5.74, 6) is 1.49. The number of carbonyl (C=O) groups excluding carboxylic acids is 1. The highest BCUT2D eigenvalue weighted by Gasteiger charge is 2.37. The predicted molar refractivity (Wildman–Crippen MR) is 126 cm³/mol. The lowest BCUT2D eigenvalue weighted by molar-refractivity contribution is -0.137. The Morgan fingerprint density at radius 2 is 1.64 bits per heavy atom. The third-order valence-corrected chi connectivity index (χ3v) is 8.68. The topological polar surface area (TPSA) is 76.2 Å². The van der Waals surface area contributed by atoms with Crippen LogP contribution in [0.3, 0.4) is 0 Å². The van der Waals surface area contributed by atoms with Gasteiger partial charge in [-0.15, -0.1) is 0 Å². The quantitative estimate of drug-likeness (QED) is 0.618. The van der Waals surface area contributed by atoms with E-state index in [1.807, 2.05) is 23.1 Å². The van der Waals surface area contributed by atoms with Crippen molar-refractivity contribution >= 4 is 15.9 Å². The van der Waals surface area contributed by atoms with Gasteiger partial charge in [-0.3, -0.25) is 4.79 Å². The molecule has 0 N–H and O–H groups in total. The van der Waals surface area contributed by atoms with Gasteiger partial charge in [-0.1, -0.05) is 12.1 Å². The molecule has 4 rings (SSSR count). The van der Waals surface area contributed by atoms with Crippen molar-refractivity contribution in [2.75, 3.05) is 33.9 Å². The molecular weight excluding hydrogens is 440 g/mol. The molecule has 2 fully saturated rings. The lowest BCUT2D eigenvalue weighted by Crippen LogP contribution is -2.46. The molecule has 2 heterocycles. The van der Waals surface area contributed by atoms with Crippen LogP contribution in [0.2, 0.25) is 0 Å². The highest BCUT2D eigenvalue weighted by Crippen LogP contribution is 2.30. The monoisotopic (exact) mass is 472 g/mol. The van der Waals surface area contributed by atoms with Crippen LogP contribution in [0.4, 0.5) is 0 Å². The molecule has 178 valence electrons. The Balaban J connectivity index is 1.37. The standard InChI is InChI=1S/C25H32N2O5S/c1-31-22-8-10-24(11-9-22)33(29,30)26-15-12-20(13-16-26)25(28)27-14-4-6-21(27)17-19-5-3-7-23(18-19)32-2/h3,5,7-11,18,20-21H,4,6,12-17H2,1-2H3. The fraction of sp³-hybridized carbons (Fsp3) is 0.480. The molecule has 1 unspecified atom stereocenters. The molecule has 1 atom stereocenters. The molecule has 0 radical (unpaired) electrons. The molecule has 2 saturated heterocycles. The summed E-state index contributed by atoms with van der Waals surface area (Å²) in [5, 5.41) is 0. The minimum absolute atomic E-state index is 0.127. The maximum Gasteiger partial charge on any atom is 0.243 e. The molecule has 2 aliphatic rings. The molecule has 0 bridgehead atoms. The van der Waals surface area contributed by atoms with Crippen LogP contribution in [0.15, 0.2) is 53.4 Å². The summed E-state index contributed by atoms with van der Waals surface area (Å²) >= 11 is 0. The first-order chi connectivity index (χ1) is 15.9. The Kier molecular flexibility index (Phi) is 7.24. The van der Waals surface area contributed by atoms with Crippen molar-refractivity contribution in [2.45, 2.75) is 43.0 Å². The van der Waals surface area contributed by atoms with Crippen LogP contribution in [0.1, 0.15) is 31.2 Å². The van der Waals surface area contributed by atoms with Crippen molar-refractivity contribution < 1.29 is 22.7 Å². The Hall–Kier alpha value is -2.58. The van der Waals surface area contributed by atoms with Crippen molar-refractivity contribution in [1.82, 2.24) is 9.21 Å². The number of hydrogen-bond acceptors (Lipinski definition) is 5. The first kappa shape index (κ1) is 23.6. The van der Waals surface area contributed by atoms with Gasteiger partial charge < -0.3 is 14.4 Å². The number of piperidine rings is 1. The van der Waals surface area contributed by atoms with Gasteiger partial charge in [0, 0.05) is 31.6 Å². The summed E-state index contributed by atoms with van der Waals surface area (Å²) in [6.07, 6.45) is 3.92. The number of nitrogens with zero attached hydrogens (tertiary/aromatic N) is 2. The van der Waals surface area contributed by atoms with Crippen molar-refractivity contribution in [2.24, 2.45) is 5.92 Å². The van der Waals surface area contributed by atoms with Gasteiger partial charge in [0.2, 0.25) is 15.9 Å². The molecule has 0 aliphatic carbocycles. The van der Waals surface area contributed by atoms with Gasteiger partial charge in [0.25, 0.3) is 0 Å². The molecule has 8 heteroatoms. The Morgan fingerprint density at radius 3 is 2.30 bits per heavy atom. The molecule has 7 nitrogen and oxygen atoms in total. The maximum absolute atomic E-state index is 13.3. The van der Waals surface area contributed by atoms with Crippen LogP contribution >= 0.6 is 0 Å². The van der Waals surface area contributed by atoms with E-state index in [4.69, 9.17) is 9.47 Å². The van der Waals surface area contributed by atoms with E-state index < -0.39 is 10.0 Å². The molecule has 33 heavy (non-hydrogen) atoms. The molecule has 1 amide bonds. The fourth-order valence-electron chi connectivity index (χ4n) is 4.88. The maximum atomic E-state index is 13.3. The van der Waals surface area contributed by atoms with E-state index in [0.717, 1.165) is 31.6 Å². The van der Waals surface area contributed by atoms with Gasteiger partial charge in [0.15, 0.2) is 0 Å².